The number of amides is 3. The number of para-hydroxylation sites is 1. The molecule has 0 aliphatic heterocycles. The van der Waals surface area contributed by atoms with Crippen LogP contribution in [0.5, 0.6) is 5.75 Å². The van der Waals surface area contributed by atoms with Gasteiger partial charge in [-0.05, 0) is 53.3 Å². The number of aromatic amines is 1. The number of fused-ring (bicyclic) bond motifs is 1. The van der Waals surface area contributed by atoms with Crippen molar-refractivity contribution in [2.24, 2.45) is 5.73 Å². The van der Waals surface area contributed by atoms with Gasteiger partial charge in [0.15, 0.2) is 0 Å². The number of carboxylic acid groups (broad SMARTS) is 1. The van der Waals surface area contributed by atoms with Gasteiger partial charge in [-0.25, -0.2) is 4.79 Å². The van der Waals surface area contributed by atoms with Crippen molar-refractivity contribution in [3.8, 4) is 5.75 Å². The molecule has 4 atom stereocenters. The number of rotatable bonds is 16. The predicted octanol–water partition coefficient (Wildman–Crippen LogP) is 2.52. The minimum Gasteiger partial charge on any atom is -0.508 e. The number of carbonyl (C=O) groups is 4. The number of aromatic hydroxyl groups is 1. The molecule has 242 valence electrons. The number of phenolic OH excluding ortho intramolecular Hbond substituents is 1. The van der Waals surface area contributed by atoms with Gasteiger partial charge >= 0.3 is 5.97 Å². The van der Waals surface area contributed by atoms with E-state index < -0.39 is 47.9 Å². The van der Waals surface area contributed by atoms with Crippen LogP contribution in [0.1, 0.15) is 23.1 Å². The molecule has 4 rings (SSSR count). The van der Waals surface area contributed by atoms with E-state index in [0.29, 0.717) is 17.7 Å². The van der Waals surface area contributed by atoms with Crippen LogP contribution >= 0.6 is 11.8 Å². The molecular weight excluding hydrogens is 606 g/mol. The second-order valence-corrected chi connectivity index (χ2v) is 12.0. The van der Waals surface area contributed by atoms with Crippen molar-refractivity contribution in [3.05, 3.63) is 102 Å². The molecule has 11 nitrogen and oxygen atoms in total. The van der Waals surface area contributed by atoms with E-state index in [-0.39, 0.29) is 25.0 Å². The topological polar surface area (TPSA) is 187 Å². The quantitative estimate of drug-likeness (QED) is 0.0969. The molecule has 1 heterocycles. The third-order valence-corrected chi connectivity index (χ3v) is 8.25. The second kappa shape index (κ2) is 16.5. The molecule has 0 fully saturated rings. The van der Waals surface area contributed by atoms with E-state index in [9.17, 15) is 29.4 Å². The summed E-state index contributed by atoms with van der Waals surface area (Å²) in [7, 11) is 0. The van der Waals surface area contributed by atoms with Gasteiger partial charge in [0.25, 0.3) is 0 Å². The highest BCUT2D eigenvalue weighted by Gasteiger charge is 2.31. The molecule has 46 heavy (non-hydrogen) atoms. The largest absolute Gasteiger partial charge is 0.508 e. The van der Waals surface area contributed by atoms with Crippen molar-refractivity contribution >= 4 is 46.4 Å². The first-order chi connectivity index (χ1) is 22.1. The molecule has 12 heteroatoms. The van der Waals surface area contributed by atoms with Crippen LogP contribution in [-0.4, -0.2) is 75.1 Å². The van der Waals surface area contributed by atoms with Crippen molar-refractivity contribution in [1.82, 2.24) is 20.9 Å². The first-order valence-electron chi connectivity index (χ1n) is 14.9. The van der Waals surface area contributed by atoms with Crippen molar-refractivity contribution in [2.75, 3.05) is 12.0 Å². The van der Waals surface area contributed by atoms with Crippen molar-refractivity contribution in [2.45, 2.75) is 49.9 Å². The maximum atomic E-state index is 13.9. The van der Waals surface area contributed by atoms with Crippen molar-refractivity contribution < 1.29 is 29.4 Å². The number of aromatic nitrogens is 1. The molecule has 4 unspecified atom stereocenters. The maximum Gasteiger partial charge on any atom is 0.326 e. The molecule has 0 saturated carbocycles. The molecule has 4 aromatic rings. The Labute approximate surface area is 271 Å². The summed E-state index contributed by atoms with van der Waals surface area (Å²) in [6.45, 7) is 0. The fourth-order valence-electron chi connectivity index (χ4n) is 5.06. The Morgan fingerprint density at radius 1 is 0.761 bits per heavy atom. The van der Waals surface area contributed by atoms with E-state index in [4.69, 9.17) is 5.73 Å². The molecule has 8 N–H and O–H groups in total. The van der Waals surface area contributed by atoms with Gasteiger partial charge in [0.05, 0.1) is 6.04 Å². The number of phenols is 1. The SMILES string of the molecule is CSCCC(N)C(=O)NC(Cc1c[nH]c2ccccc12)C(=O)NC(Cc1ccccc1)C(=O)NC(Cc1ccc(O)cc1)C(=O)O. The fraction of sp³-hybridized carbons (Fsp3) is 0.294. The Morgan fingerprint density at radius 2 is 1.33 bits per heavy atom. The number of carbonyl (C=O) groups excluding carboxylic acids is 3. The third kappa shape index (κ3) is 9.59. The van der Waals surface area contributed by atoms with Gasteiger partial charge in [-0.15, -0.1) is 0 Å². The van der Waals surface area contributed by atoms with Gasteiger partial charge in [-0.3, -0.25) is 14.4 Å². The van der Waals surface area contributed by atoms with Crippen LogP contribution < -0.4 is 21.7 Å². The minimum absolute atomic E-state index is 0.0322. The Bertz CT molecular complexity index is 1630. The predicted molar refractivity (Wildman–Crippen MR) is 178 cm³/mol. The monoisotopic (exact) mass is 645 g/mol. The van der Waals surface area contributed by atoms with E-state index in [0.717, 1.165) is 22.0 Å². The van der Waals surface area contributed by atoms with Crippen LogP contribution in [0.4, 0.5) is 0 Å². The average molecular weight is 646 g/mol. The highest BCUT2D eigenvalue weighted by Crippen LogP contribution is 2.20. The van der Waals surface area contributed by atoms with Gasteiger partial charge in [0, 0.05) is 36.4 Å². The lowest BCUT2D eigenvalue weighted by atomic mass is 10.0. The number of nitrogens with one attached hydrogen (secondary N) is 4. The summed E-state index contributed by atoms with van der Waals surface area (Å²) in [5.74, 6) is -2.35. The standard InChI is InChI=1S/C34H39N5O6S/c1-46-16-15-26(35)31(41)37-29(19-23-20-36-27-10-6-5-9-25(23)27)33(43)38-28(17-21-7-3-2-4-8-21)32(42)39-30(34(44)45)18-22-11-13-24(40)14-12-22/h2-14,20,26,28-30,36,40H,15-19,35H2,1H3,(H,37,41)(H,38,43)(H,39,42)(H,44,45). The second-order valence-electron chi connectivity index (χ2n) is 11.0. The van der Waals surface area contributed by atoms with Crippen LogP contribution in [0, 0.1) is 0 Å². The lowest BCUT2D eigenvalue weighted by Crippen LogP contribution is -2.58. The van der Waals surface area contributed by atoms with Gasteiger partial charge in [0.1, 0.15) is 23.9 Å². The molecule has 3 aromatic carbocycles. The Hall–Kier alpha value is -4.81. The van der Waals surface area contributed by atoms with Gasteiger partial charge < -0.3 is 36.9 Å². The normalized spacial score (nSPS) is 13.7. The Morgan fingerprint density at radius 3 is 2.00 bits per heavy atom. The van der Waals surface area contributed by atoms with Crippen LogP contribution in [0.25, 0.3) is 10.9 Å². The van der Waals surface area contributed by atoms with E-state index in [1.807, 2.05) is 36.6 Å². The summed E-state index contributed by atoms with van der Waals surface area (Å²) < 4.78 is 0. The summed E-state index contributed by atoms with van der Waals surface area (Å²) in [6, 6.07) is 18.2. The zero-order valence-electron chi connectivity index (χ0n) is 25.4. The number of nitrogens with two attached hydrogens (primary N) is 1. The summed E-state index contributed by atoms with van der Waals surface area (Å²) in [4.78, 5) is 56.0. The van der Waals surface area contributed by atoms with E-state index in [2.05, 4.69) is 20.9 Å². The average Bonchev–Trinajstić information content (AvgIpc) is 3.46. The molecule has 0 aliphatic carbocycles. The summed E-state index contributed by atoms with van der Waals surface area (Å²) in [5, 5.41) is 28.5. The number of hydrogen-bond acceptors (Lipinski definition) is 7. The number of aliphatic carboxylic acids is 1. The highest BCUT2D eigenvalue weighted by atomic mass is 32.2. The first-order valence-corrected chi connectivity index (χ1v) is 16.3. The number of thioether (sulfide) groups is 1. The molecule has 0 bridgehead atoms. The van der Waals surface area contributed by atoms with Gasteiger partial charge in [-0.1, -0.05) is 60.7 Å². The van der Waals surface area contributed by atoms with Crippen LogP contribution in [0.15, 0.2) is 85.1 Å². The Kier molecular flexibility index (Phi) is 12.2. The molecule has 1 aromatic heterocycles. The highest BCUT2D eigenvalue weighted by molar-refractivity contribution is 7.98. The van der Waals surface area contributed by atoms with Crippen molar-refractivity contribution in [3.63, 3.8) is 0 Å². The first kappa shape index (κ1) is 34.1. The number of hydrogen-bond donors (Lipinski definition) is 7. The third-order valence-electron chi connectivity index (χ3n) is 7.61. The summed E-state index contributed by atoms with van der Waals surface area (Å²) >= 11 is 1.56. The molecule has 3 amide bonds. The van der Waals surface area contributed by atoms with Crippen molar-refractivity contribution in [1.29, 1.82) is 0 Å². The summed E-state index contributed by atoms with van der Waals surface area (Å²) in [6.07, 6.45) is 4.26. The smallest absolute Gasteiger partial charge is 0.326 e. The van der Waals surface area contributed by atoms with Crippen LogP contribution in [-0.2, 0) is 38.4 Å². The molecule has 0 spiro atoms. The Balaban J connectivity index is 1.58. The fourth-order valence-corrected chi connectivity index (χ4v) is 5.55. The number of carboxylic acids is 1. The van der Waals surface area contributed by atoms with E-state index in [1.165, 1.54) is 12.1 Å². The summed E-state index contributed by atoms with van der Waals surface area (Å²) in [5.41, 5.74) is 9.12. The lowest BCUT2D eigenvalue weighted by molar-refractivity contribution is -0.142. The minimum atomic E-state index is -1.30. The number of benzene rings is 3. The van der Waals surface area contributed by atoms with Crippen LogP contribution in [0.3, 0.4) is 0 Å². The van der Waals surface area contributed by atoms with E-state index >= 15 is 0 Å². The van der Waals surface area contributed by atoms with E-state index in [1.54, 1.807) is 54.4 Å². The maximum absolute atomic E-state index is 13.9. The lowest BCUT2D eigenvalue weighted by Gasteiger charge is -2.25. The number of H-pyrrole nitrogens is 1. The molecule has 0 saturated heterocycles. The van der Waals surface area contributed by atoms with Gasteiger partial charge in [0.2, 0.25) is 17.7 Å². The molecule has 0 aliphatic rings. The zero-order chi connectivity index (χ0) is 33.1. The molecular formula is C34H39N5O6S. The zero-order valence-corrected chi connectivity index (χ0v) is 26.3. The molecule has 0 radical (unpaired) electrons. The van der Waals surface area contributed by atoms with Crippen LogP contribution in [0.2, 0.25) is 0 Å². The van der Waals surface area contributed by atoms with Gasteiger partial charge in [-0.2, -0.15) is 11.8 Å².